The number of fused-ring (bicyclic) bond motifs is 1. The van der Waals surface area contributed by atoms with Gasteiger partial charge in [-0.05, 0) is 24.0 Å². The van der Waals surface area contributed by atoms with Gasteiger partial charge in [-0.3, -0.25) is 24.4 Å². The number of likely N-dealkylation sites (tertiary alicyclic amines) is 1. The molecule has 0 aliphatic carbocycles. The largest absolute Gasteiger partial charge is 0.483 e. The van der Waals surface area contributed by atoms with Crippen LogP contribution in [0.4, 0.5) is 0 Å². The van der Waals surface area contributed by atoms with E-state index in [1.54, 1.807) is 0 Å². The van der Waals surface area contributed by atoms with Gasteiger partial charge in [0.15, 0.2) is 0 Å². The minimum Gasteiger partial charge on any atom is -0.483 e. The zero-order chi connectivity index (χ0) is 25.0. The Bertz CT molecular complexity index is 882. The first-order valence-electron chi connectivity index (χ1n) is 11.5. The number of ether oxygens (including phenoxy) is 1. The molecule has 4 rings (SSSR count). The predicted octanol–water partition coefficient (Wildman–Crippen LogP) is 1.83. The van der Waals surface area contributed by atoms with Crippen LogP contribution in [0.2, 0.25) is 0 Å². The van der Waals surface area contributed by atoms with Crippen LogP contribution < -0.4 is 0 Å². The number of rotatable bonds is 6. The zero-order valence-corrected chi connectivity index (χ0v) is 20.0. The van der Waals surface area contributed by atoms with Crippen LogP contribution in [0.25, 0.3) is 10.9 Å². The Kier molecular flexibility index (Phi) is 11.4. The summed E-state index contributed by atoms with van der Waals surface area (Å²) in [6.45, 7) is 11.7. The molecule has 2 fully saturated rings. The number of aliphatic hydroxyl groups is 1. The van der Waals surface area contributed by atoms with E-state index in [0.29, 0.717) is 0 Å². The Morgan fingerprint density at radius 3 is 2.29 bits per heavy atom. The van der Waals surface area contributed by atoms with E-state index in [9.17, 15) is 5.11 Å². The summed E-state index contributed by atoms with van der Waals surface area (Å²) in [4.78, 5) is 26.5. The van der Waals surface area contributed by atoms with Gasteiger partial charge in [-0.15, -0.1) is 0 Å². The van der Waals surface area contributed by atoms with E-state index in [1.807, 2.05) is 12.1 Å². The topological polar surface area (TPSA) is 123 Å². The lowest BCUT2D eigenvalue weighted by Crippen LogP contribution is -2.45. The molecule has 188 valence electrons. The van der Waals surface area contributed by atoms with Crippen molar-refractivity contribution >= 4 is 23.8 Å². The average Bonchev–Trinajstić information content (AvgIpc) is 3.12. The number of β-amino-alcohol motifs (C(OH)–C–C–N with tert-alkyl or cyclic N) is 1. The van der Waals surface area contributed by atoms with Gasteiger partial charge in [0.05, 0.1) is 24.8 Å². The Labute approximate surface area is 201 Å². The number of para-hydroxylation sites is 1. The number of hydrogen-bond acceptors (Lipinski definition) is 7. The van der Waals surface area contributed by atoms with Crippen molar-refractivity contribution < 1.29 is 29.6 Å². The van der Waals surface area contributed by atoms with E-state index in [0.717, 1.165) is 70.1 Å². The number of aromatic nitrogens is 1. The third-order valence-electron chi connectivity index (χ3n) is 6.02. The molecule has 34 heavy (non-hydrogen) atoms. The molecule has 2 aliphatic rings. The lowest BCUT2D eigenvalue weighted by molar-refractivity contribution is -0.123. The SMILES string of the molecule is CC(C)(CN1CCOCC1)CN1C[C@@H](Cc2ccc3ccccc3n2)[C@H](O)C1.O=CO.O=CO. The molecule has 0 radical (unpaired) electrons. The van der Waals surface area contributed by atoms with Crippen molar-refractivity contribution in [2.45, 2.75) is 26.4 Å². The van der Waals surface area contributed by atoms with Crippen molar-refractivity contribution in [3.8, 4) is 0 Å². The van der Waals surface area contributed by atoms with Crippen LogP contribution in [0.1, 0.15) is 19.5 Å². The summed E-state index contributed by atoms with van der Waals surface area (Å²) in [6.07, 6.45) is 0.569. The lowest BCUT2D eigenvalue weighted by Gasteiger charge is -2.37. The number of hydrogen-bond donors (Lipinski definition) is 3. The van der Waals surface area contributed by atoms with Crippen molar-refractivity contribution in [1.82, 2.24) is 14.8 Å². The molecule has 1 aromatic carbocycles. The van der Waals surface area contributed by atoms with Crippen LogP contribution in [0.15, 0.2) is 36.4 Å². The van der Waals surface area contributed by atoms with Crippen LogP contribution in [-0.2, 0) is 20.7 Å². The maximum Gasteiger partial charge on any atom is 0.290 e. The molecule has 9 nitrogen and oxygen atoms in total. The molecule has 0 amide bonds. The van der Waals surface area contributed by atoms with Crippen molar-refractivity contribution in [1.29, 1.82) is 0 Å². The second-order valence-electron chi connectivity index (χ2n) is 9.48. The van der Waals surface area contributed by atoms with Gasteiger partial charge in [-0.25, -0.2) is 0 Å². The summed E-state index contributed by atoms with van der Waals surface area (Å²) >= 11 is 0. The monoisotopic (exact) mass is 475 g/mol. The van der Waals surface area contributed by atoms with Gasteiger partial charge in [0.2, 0.25) is 0 Å². The second-order valence-corrected chi connectivity index (χ2v) is 9.48. The Morgan fingerprint density at radius 2 is 1.62 bits per heavy atom. The van der Waals surface area contributed by atoms with E-state index >= 15 is 0 Å². The number of aliphatic hydroxyl groups excluding tert-OH is 1. The number of carbonyl (C=O) groups is 2. The molecule has 0 spiro atoms. The Balaban J connectivity index is 0.000000618. The van der Waals surface area contributed by atoms with Crippen LogP contribution in [0.3, 0.4) is 0 Å². The standard InChI is InChI=1S/C23H33N3O2.2CH2O2/c1-23(2,16-25-9-11-28-12-10-25)17-26-14-19(22(27)15-26)13-20-8-7-18-5-3-4-6-21(18)24-20;2*2-1-3/h3-8,19,22,27H,9-17H2,1-2H3;2*1H,(H,2,3)/t19-,22-;;/m1../s1. The van der Waals surface area contributed by atoms with E-state index in [2.05, 4.69) is 47.9 Å². The molecule has 0 unspecified atom stereocenters. The smallest absolute Gasteiger partial charge is 0.290 e. The van der Waals surface area contributed by atoms with Gasteiger partial charge in [0.25, 0.3) is 12.9 Å². The highest BCUT2D eigenvalue weighted by Crippen LogP contribution is 2.27. The van der Waals surface area contributed by atoms with E-state index in [1.165, 1.54) is 5.39 Å². The molecule has 2 atom stereocenters. The van der Waals surface area contributed by atoms with Crippen molar-refractivity contribution in [3.63, 3.8) is 0 Å². The third kappa shape index (κ3) is 8.98. The van der Waals surface area contributed by atoms with E-state index in [4.69, 9.17) is 29.5 Å². The molecule has 1 aromatic heterocycles. The van der Waals surface area contributed by atoms with E-state index < -0.39 is 0 Å². The molecule has 9 heteroatoms. The number of benzene rings is 1. The van der Waals surface area contributed by atoms with Crippen LogP contribution in [0.5, 0.6) is 0 Å². The summed E-state index contributed by atoms with van der Waals surface area (Å²) in [5.41, 5.74) is 2.32. The molecule has 2 aliphatic heterocycles. The van der Waals surface area contributed by atoms with Gasteiger partial charge in [0, 0.05) is 56.3 Å². The van der Waals surface area contributed by atoms with Crippen LogP contribution in [-0.4, -0.2) is 102 Å². The number of morpholine rings is 1. The molecular formula is C25H37N3O6. The fraction of sp³-hybridized carbons (Fsp3) is 0.560. The van der Waals surface area contributed by atoms with Gasteiger partial charge in [-0.2, -0.15) is 0 Å². The van der Waals surface area contributed by atoms with Crippen molar-refractivity contribution in [2.75, 3.05) is 52.5 Å². The summed E-state index contributed by atoms with van der Waals surface area (Å²) in [7, 11) is 0. The number of pyridine rings is 1. The highest BCUT2D eigenvalue weighted by atomic mass is 16.5. The number of nitrogens with zero attached hydrogens (tertiary/aromatic N) is 3. The van der Waals surface area contributed by atoms with Gasteiger partial charge in [0.1, 0.15) is 0 Å². The van der Waals surface area contributed by atoms with Crippen LogP contribution in [0, 0.1) is 11.3 Å². The minimum atomic E-state index is -0.271. The predicted molar refractivity (Wildman–Crippen MR) is 130 cm³/mol. The van der Waals surface area contributed by atoms with Gasteiger partial charge >= 0.3 is 0 Å². The quantitative estimate of drug-likeness (QED) is 0.537. The molecular weight excluding hydrogens is 438 g/mol. The summed E-state index contributed by atoms with van der Waals surface area (Å²) in [5.74, 6) is 0.257. The molecule has 0 bridgehead atoms. The fourth-order valence-corrected chi connectivity index (χ4v) is 4.78. The third-order valence-corrected chi connectivity index (χ3v) is 6.02. The first-order valence-corrected chi connectivity index (χ1v) is 11.5. The lowest BCUT2D eigenvalue weighted by atomic mass is 9.91. The molecule has 2 aromatic rings. The molecule has 3 N–H and O–H groups in total. The van der Waals surface area contributed by atoms with Gasteiger partial charge in [-0.1, -0.05) is 38.1 Å². The van der Waals surface area contributed by atoms with Crippen molar-refractivity contribution in [2.24, 2.45) is 11.3 Å². The first-order chi connectivity index (χ1) is 16.3. The molecule has 2 saturated heterocycles. The highest BCUT2D eigenvalue weighted by Gasteiger charge is 2.35. The summed E-state index contributed by atoms with van der Waals surface area (Å²) in [6, 6.07) is 12.5. The van der Waals surface area contributed by atoms with Crippen molar-refractivity contribution in [3.05, 3.63) is 42.1 Å². The minimum absolute atomic E-state index is 0.202. The molecule has 3 heterocycles. The van der Waals surface area contributed by atoms with Crippen LogP contribution >= 0.6 is 0 Å². The maximum absolute atomic E-state index is 10.7. The Morgan fingerprint density at radius 1 is 1.00 bits per heavy atom. The first kappa shape index (κ1) is 27.7. The normalized spacial score (nSPS) is 21.1. The van der Waals surface area contributed by atoms with Gasteiger partial charge < -0.3 is 20.1 Å². The highest BCUT2D eigenvalue weighted by molar-refractivity contribution is 5.78. The Hall–Kier alpha value is -2.59. The second kappa shape index (κ2) is 14.0. The fourth-order valence-electron chi connectivity index (χ4n) is 4.78. The molecule has 0 saturated carbocycles. The summed E-state index contributed by atoms with van der Waals surface area (Å²) < 4.78 is 5.47. The average molecular weight is 476 g/mol. The van der Waals surface area contributed by atoms with E-state index in [-0.39, 0.29) is 30.4 Å². The zero-order valence-electron chi connectivity index (χ0n) is 20.0. The number of carboxylic acid groups (broad SMARTS) is 2. The summed E-state index contributed by atoms with van der Waals surface area (Å²) in [5, 5.41) is 25.6. The maximum atomic E-state index is 10.7.